The van der Waals surface area contributed by atoms with Crippen LogP contribution in [0.5, 0.6) is 0 Å². The van der Waals surface area contributed by atoms with E-state index in [1.165, 1.54) is 115 Å². The van der Waals surface area contributed by atoms with Crippen molar-refractivity contribution in [3.05, 3.63) is 24.3 Å². The second kappa shape index (κ2) is 22.0. The molecule has 0 unspecified atom stereocenters. The van der Waals surface area contributed by atoms with Crippen molar-refractivity contribution in [2.24, 2.45) is 0 Å². The molecule has 0 bridgehead atoms. The van der Waals surface area contributed by atoms with Crippen molar-refractivity contribution >= 4 is 5.97 Å². The van der Waals surface area contributed by atoms with Crippen LogP contribution in [0.25, 0.3) is 0 Å². The fourth-order valence-electron chi connectivity index (χ4n) is 3.30. The van der Waals surface area contributed by atoms with Crippen molar-refractivity contribution in [2.75, 3.05) is 0 Å². The molecule has 0 spiro atoms. The molecule has 0 saturated carbocycles. The van der Waals surface area contributed by atoms with Gasteiger partial charge in [-0.1, -0.05) is 128 Å². The van der Waals surface area contributed by atoms with Crippen LogP contribution in [-0.2, 0) is 4.79 Å². The number of hydrogen-bond donors (Lipinski definition) is 1. The van der Waals surface area contributed by atoms with E-state index in [0.717, 1.165) is 6.42 Å². The third-order valence-corrected chi connectivity index (χ3v) is 4.96. The summed E-state index contributed by atoms with van der Waals surface area (Å²) in [4.78, 5) is 10.3. The van der Waals surface area contributed by atoms with Crippen LogP contribution in [0.2, 0.25) is 0 Å². The molecule has 0 rings (SSSR count). The largest absolute Gasteiger partial charge is 0.478 e. The van der Waals surface area contributed by atoms with Crippen LogP contribution in [0.15, 0.2) is 24.3 Å². The molecule has 1 N–H and O–H groups in total. The number of unbranched alkanes of at least 4 members (excludes halogenated alkanes) is 17. The second-order valence-corrected chi connectivity index (χ2v) is 7.57. The Balaban J connectivity index is 3.08. The molecule has 0 aromatic heterocycles. The summed E-state index contributed by atoms with van der Waals surface area (Å²) in [5.41, 5.74) is 0. The third-order valence-electron chi connectivity index (χ3n) is 4.96. The molecule has 2 heteroatoms. The van der Waals surface area contributed by atoms with Crippen LogP contribution in [0.4, 0.5) is 0 Å². The minimum atomic E-state index is -0.882. The monoisotopic (exact) mass is 364 g/mol. The van der Waals surface area contributed by atoms with E-state index in [-0.39, 0.29) is 0 Å². The molecular weight excluding hydrogens is 320 g/mol. The van der Waals surface area contributed by atoms with E-state index >= 15 is 0 Å². The van der Waals surface area contributed by atoms with Crippen molar-refractivity contribution in [3.63, 3.8) is 0 Å². The zero-order chi connectivity index (χ0) is 19.1. The fourth-order valence-corrected chi connectivity index (χ4v) is 3.30. The number of hydrogen-bond acceptors (Lipinski definition) is 1. The number of carbonyl (C=O) groups is 1. The highest BCUT2D eigenvalue weighted by Crippen LogP contribution is 2.14. The molecular formula is C24H44O2. The van der Waals surface area contributed by atoms with Crippen molar-refractivity contribution in [2.45, 2.75) is 122 Å². The molecule has 0 atom stereocenters. The van der Waals surface area contributed by atoms with E-state index in [1.54, 1.807) is 6.08 Å². The molecule has 0 radical (unpaired) electrons. The van der Waals surface area contributed by atoms with Crippen LogP contribution in [-0.4, -0.2) is 11.1 Å². The van der Waals surface area contributed by atoms with Gasteiger partial charge in [-0.3, -0.25) is 0 Å². The van der Waals surface area contributed by atoms with E-state index in [0.29, 0.717) is 0 Å². The average Bonchev–Trinajstić information content (AvgIpc) is 2.62. The summed E-state index contributed by atoms with van der Waals surface area (Å²) in [7, 11) is 0. The molecule has 0 aliphatic heterocycles. The van der Waals surface area contributed by atoms with Gasteiger partial charge in [0, 0.05) is 6.08 Å². The van der Waals surface area contributed by atoms with Crippen LogP contribution in [0.3, 0.4) is 0 Å². The Bertz CT molecular complexity index is 344. The molecule has 152 valence electrons. The lowest BCUT2D eigenvalue weighted by Gasteiger charge is -2.03. The summed E-state index contributed by atoms with van der Waals surface area (Å²) in [5.74, 6) is -0.882. The first-order valence-corrected chi connectivity index (χ1v) is 11.3. The lowest BCUT2D eigenvalue weighted by atomic mass is 10.0. The first-order chi connectivity index (χ1) is 12.8. The summed E-state index contributed by atoms with van der Waals surface area (Å²) in [6, 6.07) is 0. The molecule has 0 aromatic carbocycles. The van der Waals surface area contributed by atoms with Gasteiger partial charge in [0.25, 0.3) is 0 Å². The van der Waals surface area contributed by atoms with Crippen molar-refractivity contribution in [1.82, 2.24) is 0 Å². The fraction of sp³-hybridized carbons (Fsp3) is 0.792. The third kappa shape index (κ3) is 22.9. The van der Waals surface area contributed by atoms with E-state index in [4.69, 9.17) is 5.11 Å². The first-order valence-electron chi connectivity index (χ1n) is 11.3. The summed E-state index contributed by atoms with van der Waals surface area (Å²) >= 11 is 0. The van der Waals surface area contributed by atoms with Gasteiger partial charge < -0.3 is 5.11 Å². The van der Waals surface area contributed by atoms with E-state index in [2.05, 4.69) is 13.0 Å². The Morgan fingerprint density at radius 2 is 1.00 bits per heavy atom. The summed E-state index contributed by atoms with van der Waals surface area (Å²) < 4.78 is 0. The van der Waals surface area contributed by atoms with Crippen LogP contribution in [0.1, 0.15) is 122 Å². The predicted molar refractivity (Wildman–Crippen MR) is 115 cm³/mol. The zero-order valence-corrected chi connectivity index (χ0v) is 17.4. The first kappa shape index (κ1) is 24.9. The molecule has 0 heterocycles. The predicted octanol–water partition coefficient (Wildman–Crippen LogP) is 8.23. The molecule has 2 nitrogen and oxygen atoms in total. The minimum Gasteiger partial charge on any atom is -0.478 e. The Morgan fingerprint density at radius 1 is 0.615 bits per heavy atom. The van der Waals surface area contributed by atoms with Crippen molar-refractivity contribution in [3.8, 4) is 0 Å². The Labute approximate surface area is 163 Å². The van der Waals surface area contributed by atoms with Crippen LogP contribution in [0, 0.1) is 0 Å². The van der Waals surface area contributed by atoms with Gasteiger partial charge in [0.05, 0.1) is 0 Å². The summed E-state index contributed by atoms with van der Waals surface area (Å²) in [6.07, 6.45) is 31.5. The van der Waals surface area contributed by atoms with Crippen molar-refractivity contribution in [1.29, 1.82) is 0 Å². The maximum atomic E-state index is 10.3. The molecule has 0 fully saturated rings. The standard InChI is InChI=1S/C24H44O2/c1-2-3-4-5-6-7-8-9-10-11-12-13-14-15-16-17-18-19-20-21-22-23-24(25)26/h20-23H,2-19H2,1H3,(H,25,26). The molecule has 0 aliphatic carbocycles. The van der Waals surface area contributed by atoms with Gasteiger partial charge in [0.15, 0.2) is 0 Å². The number of aliphatic carboxylic acids is 1. The van der Waals surface area contributed by atoms with Gasteiger partial charge in [-0.2, -0.15) is 0 Å². The number of carboxylic acids is 1. The van der Waals surface area contributed by atoms with Gasteiger partial charge in [-0.05, 0) is 12.8 Å². The quantitative estimate of drug-likeness (QED) is 0.134. The van der Waals surface area contributed by atoms with E-state index in [1.807, 2.05) is 6.08 Å². The maximum Gasteiger partial charge on any atom is 0.328 e. The smallest absolute Gasteiger partial charge is 0.328 e. The Morgan fingerprint density at radius 3 is 1.38 bits per heavy atom. The molecule has 26 heavy (non-hydrogen) atoms. The highest BCUT2D eigenvalue weighted by molar-refractivity contribution is 5.80. The van der Waals surface area contributed by atoms with Gasteiger partial charge >= 0.3 is 5.97 Å². The number of allylic oxidation sites excluding steroid dienone is 3. The van der Waals surface area contributed by atoms with E-state index in [9.17, 15) is 4.79 Å². The number of carboxylic acid groups (broad SMARTS) is 1. The van der Waals surface area contributed by atoms with Crippen molar-refractivity contribution < 1.29 is 9.90 Å². The molecule has 0 aromatic rings. The topological polar surface area (TPSA) is 37.3 Å². The Kier molecular flexibility index (Phi) is 21.1. The van der Waals surface area contributed by atoms with Gasteiger partial charge in [0.1, 0.15) is 0 Å². The molecule has 0 aliphatic rings. The van der Waals surface area contributed by atoms with Gasteiger partial charge in [0.2, 0.25) is 0 Å². The maximum absolute atomic E-state index is 10.3. The molecule has 0 amide bonds. The second-order valence-electron chi connectivity index (χ2n) is 7.57. The van der Waals surface area contributed by atoms with Crippen LogP contribution >= 0.6 is 0 Å². The van der Waals surface area contributed by atoms with Crippen LogP contribution < -0.4 is 0 Å². The Hall–Kier alpha value is -1.05. The molecule has 0 saturated heterocycles. The highest BCUT2D eigenvalue weighted by Gasteiger charge is 1.94. The lowest BCUT2D eigenvalue weighted by Crippen LogP contribution is -1.84. The minimum absolute atomic E-state index is 0.882. The number of rotatable bonds is 20. The highest BCUT2D eigenvalue weighted by atomic mass is 16.4. The average molecular weight is 365 g/mol. The summed E-state index contributed by atoms with van der Waals surface area (Å²) in [5, 5.41) is 8.45. The SMILES string of the molecule is CCCCCCCCCCCCCCCCCCCC=CC=CC(=O)O. The van der Waals surface area contributed by atoms with Gasteiger partial charge in [-0.25, -0.2) is 4.79 Å². The summed E-state index contributed by atoms with van der Waals surface area (Å²) in [6.45, 7) is 2.28. The normalized spacial score (nSPS) is 11.7. The van der Waals surface area contributed by atoms with E-state index < -0.39 is 5.97 Å². The lowest BCUT2D eigenvalue weighted by molar-refractivity contribution is -0.131. The zero-order valence-electron chi connectivity index (χ0n) is 17.4. The van der Waals surface area contributed by atoms with Gasteiger partial charge in [-0.15, -0.1) is 0 Å².